The van der Waals surface area contributed by atoms with Crippen LogP contribution in [-0.4, -0.2) is 66.5 Å². The van der Waals surface area contributed by atoms with Gasteiger partial charge in [0.2, 0.25) is 0 Å². The number of rotatable bonds is 48. The summed E-state index contributed by atoms with van der Waals surface area (Å²) >= 11 is 0. The largest absolute Gasteiger partial charge is 0.472 e. The number of phosphoric ester groups is 1. The SMILES string of the molecule is CC/C=C\C/C=C\C/C=C\C/C=C\CCCCCCC(=O)OC(COC(=O)CCCCCCCCCCCCC)COP(=O)(O)OCC(CO)OC(=O)CCCCCCC/C=C\CCCC. The third-order valence-electron chi connectivity index (χ3n) is 10.9. The van der Waals surface area contributed by atoms with Crippen molar-refractivity contribution in [1.82, 2.24) is 0 Å². The van der Waals surface area contributed by atoms with Gasteiger partial charge in [0.25, 0.3) is 0 Å². The van der Waals surface area contributed by atoms with Crippen molar-refractivity contribution in [1.29, 1.82) is 0 Å². The van der Waals surface area contributed by atoms with Crippen LogP contribution < -0.4 is 0 Å². The van der Waals surface area contributed by atoms with Crippen LogP contribution >= 0.6 is 7.82 Å². The monoisotopic (exact) mass is 951 g/mol. The van der Waals surface area contributed by atoms with Gasteiger partial charge in [-0.05, 0) is 77.0 Å². The van der Waals surface area contributed by atoms with E-state index < -0.39 is 57.8 Å². The predicted octanol–water partition coefficient (Wildman–Crippen LogP) is 14.8. The molecule has 12 heteroatoms. The lowest BCUT2D eigenvalue weighted by Gasteiger charge is -2.21. The van der Waals surface area contributed by atoms with E-state index in [1.807, 2.05) is 0 Å². The molecule has 3 atom stereocenters. The highest BCUT2D eigenvalue weighted by molar-refractivity contribution is 7.47. The van der Waals surface area contributed by atoms with Crippen LogP contribution in [0.25, 0.3) is 0 Å². The van der Waals surface area contributed by atoms with Crippen molar-refractivity contribution in [3.8, 4) is 0 Å². The van der Waals surface area contributed by atoms with Gasteiger partial charge in [-0.15, -0.1) is 0 Å². The van der Waals surface area contributed by atoms with Crippen molar-refractivity contribution in [3.63, 3.8) is 0 Å². The van der Waals surface area contributed by atoms with Crippen molar-refractivity contribution >= 4 is 25.7 Å². The molecule has 0 amide bonds. The summed E-state index contributed by atoms with van der Waals surface area (Å²) in [6.07, 6.45) is 50.5. The highest BCUT2D eigenvalue weighted by atomic mass is 31.2. The van der Waals surface area contributed by atoms with Crippen LogP contribution in [-0.2, 0) is 42.2 Å². The van der Waals surface area contributed by atoms with E-state index in [2.05, 4.69) is 81.5 Å². The Labute approximate surface area is 402 Å². The third kappa shape index (κ3) is 46.3. The Hall–Kier alpha value is -2.82. The molecule has 0 radical (unpaired) electrons. The van der Waals surface area contributed by atoms with Gasteiger partial charge in [0.1, 0.15) is 12.7 Å². The molecule has 0 saturated heterocycles. The van der Waals surface area contributed by atoms with Crippen LogP contribution in [0.3, 0.4) is 0 Å². The second-order valence-electron chi connectivity index (χ2n) is 17.3. The molecule has 0 bridgehead atoms. The molecule has 3 unspecified atom stereocenters. The lowest BCUT2D eigenvalue weighted by Crippen LogP contribution is -2.30. The first-order chi connectivity index (χ1) is 32.2. The van der Waals surface area contributed by atoms with Crippen molar-refractivity contribution in [2.45, 2.75) is 238 Å². The molecular weight excluding hydrogens is 856 g/mol. The molecule has 0 aliphatic heterocycles. The number of unbranched alkanes of at least 4 members (excludes halogenated alkanes) is 21. The molecule has 0 saturated carbocycles. The second-order valence-corrected chi connectivity index (χ2v) is 18.8. The summed E-state index contributed by atoms with van der Waals surface area (Å²) in [6.45, 7) is 4.43. The number of esters is 3. The second kappa shape index (κ2) is 48.6. The number of carbonyl (C=O) groups is 3. The fourth-order valence-electron chi connectivity index (χ4n) is 6.92. The number of phosphoric acid groups is 1. The fourth-order valence-corrected chi connectivity index (χ4v) is 7.70. The van der Waals surface area contributed by atoms with Crippen LogP contribution in [0.4, 0.5) is 0 Å². The zero-order valence-electron chi connectivity index (χ0n) is 41.9. The van der Waals surface area contributed by atoms with Gasteiger partial charge in [-0.25, -0.2) is 4.57 Å². The minimum absolute atomic E-state index is 0.140. The molecule has 66 heavy (non-hydrogen) atoms. The summed E-state index contributed by atoms with van der Waals surface area (Å²) in [4.78, 5) is 48.3. The van der Waals surface area contributed by atoms with Gasteiger partial charge in [0.05, 0.1) is 19.8 Å². The van der Waals surface area contributed by atoms with E-state index in [-0.39, 0.29) is 25.9 Å². The molecule has 0 heterocycles. The number of carbonyl (C=O) groups excluding carboxylic acids is 3. The Morgan fingerprint density at radius 2 is 0.803 bits per heavy atom. The van der Waals surface area contributed by atoms with E-state index in [1.165, 1.54) is 57.8 Å². The quantitative estimate of drug-likeness (QED) is 0.0197. The summed E-state index contributed by atoms with van der Waals surface area (Å²) in [5, 5.41) is 9.76. The number of hydrogen-bond acceptors (Lipinski definition) is 10. The van der Waals surface area contributed by atoms with Crippen LogP contribution in [0.2, 0.25) is 0 Å². The number of allylic oxidation sites excluding steroid dienone is 10. The van der Waals surface area contributed by atoms with Gasteiger partial charge in [0.15, 0.2) is 6.10 Å². The molecule has 11 nitrogen and oxygen atoms in total. The number of aliphatic hydroxyl groups excluding tert-OH is 1. The molecule has 0 aliphatic rings. The zero-order chi connectivity index (χ0) is 48.4. The summed E-state index contributed by atoms with van der Waals surface area (Å²) in [5.41, 5.74) is 0. The van der Waals surface area contributed by atoms with E-state index in [9.17, 15) is 28.9 Å². The Kier molecular flexibility index (Phi) is 46.6. The summed E-state index contributed by atoms with van der Waals surface area (Å²) < 4.78 is 39.3. The van der Waals surface area contributed by atoms with Gasteiger partial charge >= 0.3 is 25.7 Å². The van der Waals surface area contributed by atoms with Gasteiger partial charge in [-0.2, -0.15) is 0 Å². The molecule has 0 aliphatic carbocycles. The average Bonchev–Trinajstić information content (AvgIpc) is 3.30. The normalized spacial score (nSPS) is 14.0. The van der Waals surface area contributed by atoms with Gasteiger partial charge < -0.3 is 24.2 Å². The molecule has 0 spiro atoms. The van der Waals surface area contributed by atoms with Crippen molar-refractivity contribution in [2.24, 2.45) is 0 Å². The Morgan fingerprint density at radius 3 is 1.27 bits per heavy atom. The molecule has 382 valence electrons. The van der Waals surface area contributed by atoms with Crippen molar-refractivity contribution < 1.29 is 52.2 Å². The van der Waals surface area contributed by atoms with Crippen LogP contribution in [0.5, 0.6) is 0 Å². The Morgan fingerprint density at radius 1 is 0.439 bits per heavy atom. The Balaban J connectivity index is 4.78. The first kappa shape index (κ1) is 63.2. The van der Waals surface area contributed by atoms with E-state index in [4.69, 9.17) is 23.3 Å². The summed E-state index contributed by atoms with van der Waals surface area (Å²) in [5.74, 6) is -1.50. The number of hydrogen-bond donors (Lipinski definition) is 2. The summed E-state index contributed by atoms with van der Waals surface area (Å²) in [6, 6.07) is 0. The standard InChI is InChI=1S/C54H95O11P/c1-4-7-10-13-16-19-22-23-24-25-26-27-30-33-36-39-42-45-54(58)65-51(47-61-52(56)43-40-37-34-31-28-20-17-14-11-8-5-2)49-63-66(59,60)62-48-50(46-55)64-53(57)44-41-38-35-32-29-21-18-15-12-9-6-3/h7,10,15-16,18-19,23-24,26-27,50-51,55H,4-6,8-9,11-14,17,20-22,25,28-49H2,1-3H3,(H,59,60)/b10-7-,18-15-,19-16-,24-23-,27-26-. The maximum absolute atomic E-state index is 12.8. The summed E-state index contributed by atoms with van der Waals surface area (Å²) in [7, 11) is -4.75. The van der Waals surface area contributed by atoms with Crippen molar-refractivity contribution in [2.75, 3.05) is 26.4 Å². The molecule has 0 aromatic carbocycles. The highest BCUT2D eigenvalue weighted by Crippen LogP contribution is 2.43. The van der Waals surface area contributed by atoms with E-state index in [0.29, 0.717) is 19.3 Å². The molecule has 0 aromatic rings. The highest BCUT2D eigenvalue weighted by Gasteiger charge is 2.28. The van der Waals surface area contributed by atoms with Gasteiger partial charge in [-0.3, -0.25) is 23.4 Å². The topological polar surface area (TPSA) is 155 Å². The van der Waals surface area contributed by atoms with Crippen LogP contribution in [0.1, 0.15) is 226 Å². The Bertz CT molecular complexity index is 1340. The van der Waals surface area contributed by atoms with E-state index in [0.717, 1.165) is 109 Å². The van der Waals surface area contributed by atoms with Crippen LogP contribution in [0, 0.1) is 0 Å². The van der Waals surface area contributed by atoms with Crippen molar-refractivity contribution in [3.05, 3.63) is 60.8 Å². The van der Waals surface area contributed by atoms with Gasteiger partial charge in [-0.1, -0.05) is 191 Å². The zero-order valence-corrected chi connectivity index (χ0v) is 42.8. The van der Waals surface area contributed by atoms with E-state index in [1.54, 1.807) is 0 Å². The average molecular weight is 951 g/mol. The van der Waals surface area contributed by atoms with Crippen LogP contribution in [0.15, 0.2) is 60.8 Å². The minimum atomic E-state index is -4.75. The molecule has 0 aromatic heterocycles. The minimum Gasteiger partial charge on any atom is -0.462 e. The molecule has 2 N–H and O–H groups in total. The predicted molar refractivity (Wildman–Crippen MR) is 270 cm³/mol. The first-order valence-electron chi connectivity index (χ1n) is 26.2. The van der Waals surface area contributed by atoms with E-state index >= 15 is 0 Å². The lowest BCUT2D eigenvalue weighted by molar-refractivity contribution is -0.161. The maximum atomic E-state index is 12.8. The fraction of sp³-hybridized carbons (Fsp3) is 0.759. The van der Waals surface area contributed by atoms with Gasteiger partial charge in [0, 0.05) is 19.3 Å². The molecule has 0 rings (SSSR count). The number of aliphatic hydroxyl groups is 1. The number of ether oxygens (including phenoxy) is 3. The molecular formula is C54H95O11P. The third-order valence-corrected chi connectivity index (χ3v) is 11.9. The molecule has 0 fully saturated rings. The lowest BCUT2D eigenvalue weighted by atomic mass is 10.1. The maximum Gasteiger partial charge on any atom is 0.472 e. The smallest absolute Gasteiger partial charge is 0.462 e. The first-order valence-corrected chi connectivity index (χ1v) is 27.7.